The van der Waals surface area contributed by atoms with E-state index >= 15 is 0 Å². The number of aldehydes is 1. The molecule has 6 rings (SSSR count). The SMILES string of the molecule is CO/C=C/c1c(-c2ccccc2F)noc1C1CC1.O=CCc1c(-c2ccccc2F)noc1C1CC1. The van der Waals surface area contributed by atoms with Crippen molar-refractivity contribution in [2.24, 2.45) is 0 Å². The van der Waals surface area contributed by atoms with Gasteiger partial charge in [-0.1, -0.05) is 34.6 Å². The van der Waals surface area contributed by atoms with E-state index in [1.165, 1.54) is 12.1 Å². The third-order valence-electron chi connectivity index (χ3n) is 6.39. The van der Waals surface area contributed by atoms with Crippen molar-refractivity contribution in [3.8, 4) is 22.5 Å². The van der Waals surface area contributed by atoms with Crippen molar-refractivity contribution in [2.75, 3.05) is 7.11 Å². The number of carbonyl (C=O) groups is 1. The number of hydrogen-bond donors (Lipinski definition) is 0. The van der Waals surface area contributed by atoms with E-state index in [2.05, 4.69) is 10.3 Å². The van der Waals surface area contributed by atoms with Crippen LogP contribution in [0.1, 0.15) is 60.2 Å². The summed E-state index contributed by atoms with van der Waals surface area (Å²) in [7, 11) is 1.57. The van der Waals surface area contributed by atoms with Crippen molar-refractivity contribution >= 4 is 12.4 Å². The van der Waals surface area contributed by atoms with Gasteiger partial charge in [0, 0.05) is 40.5 Å². The number of rotatable bonds is 8. The van der Waals surface area contributed by atoms with E-state index in [9.17, 15) is 13.6 Å². The molecule has 0 aliphatic heterocycles. The van der Waals surface area contributed by atoms with E-state index in [-0.39, 0.29) is 18.1 Å². The van der Waals surface area contributed by atoms with Crippen LogP contribution >= 0.6 is 0 Å². The first kappa shape index (κ1) is 24.6. The van der Waals surface area contributed by atoms with Crippen LogP contribution in [-0.2, 0) is 16.0 Å². The first-order chi connectivity index (χ1) is 18.1. The highest BCUT2D eigenvalue weighted by atomic mass is 19.1. The van der Waals surface area contributed by atoms with Crippen LogP contribution in [0, 0.1) is 11.6 Å². The summed E-state index contributed by atoms with van der Waals surface area (Å²) in [5, 5.41) is 7.99. The van der Waals surface area contributed by atoms with Gasteiger partial charge in [0.1, 0.15) is 40.8 Å². The third kappa shape index (κ3) is 5.38. The number of halogens is 2. The molecule has 2 heterocycles. The molecule has 0 saturated heterocycles. The number of methoxy groups -OCH3 is 1. The second kappa shape index (κ2) is 10.9. The van der Waals surface area contributed by atoms with Crippen molar-refractivity contribution in [2.45, 2.75) is 43.9 Å². The van der Waals surface area contributed by atoms with E-state index in [1.54, 1.807) is 55.8 Å². The maximum absolute atomic E-state index is 13.9. The average molecular weight is 505 g/mol. The smallest absolute Gasteiger partial charge is 0.147 e. The van der Waals surface area contributed by atoms with Gasteiger partial charge < -0.3 is 18.6 Å². The summed E-state index contributed by atoms with van der Waals surface area (Å²) < 4.78 is 43.3. The van der Waals surface area contributed by atoms with Crippen molar-refractivity contribution in [3.05, 3.63) is 89.1 Å². The Morgan fingerprint density at radius 2 is 1.41 bits per heavy atom. The molecule has 0 N–H and O–H groups in total. The summed E-state index contributed by atoms with van der Waals surface area (Å²) in [5.41, 5.74) is 3.39. The van der Waals surface area contributed by atoms with Crippen molar-refractivity contribution < 1.29 is 27.4 Å². The zero-order valence-electron chi connectivity index (χ0n) is 20.3. The Hall–Kier alpha value is -4.07. The first-order valence-electron chi connectivity index (χ1n) is 12.2. The van der Waals surface area contributed by atoms with E-state index in [4.69, 9.17) is 13.8 Å². The summed E-state index contributed by atoms with van der Waals surface area (Å²) >= 11 is 0. The minimum absolute atomic E-state index is 0.221. The average Bonchev–Trinajstić information content (AvgIpc) is 3.85. The molecule has 0 bridgehead atoms. The lowest BCUT2D eigenvalue weighted by atomic mass is 10.0. The standard InChI is InChI=1S/C15H14FNO2.C14H12FNO2/c1-18-9-8-12-14(11-4-2-3-5-13(11)16)17-19-15(12)10-6-7-10;15-12-4-2-1-3-10(12)13-11(7-8-17)14(18-16-13)9-5-6-9/h2-5,8-10H,6-7H2,1H3;1-4,8-9H,5-7H2/b9-8+;. The molecule has 0 radical (unpaired) electrons. The normalized spacial score (nSPS) is 14.9. The third-order valence-corrected chi connectivity index (χ3v) is 6.39. The molecule has 0 amide bonds. The molecular weight excluding hydrogens is 478 g/mol. The van der Waals surface area contributed by atoms with Crippen LogP contribution in [0.4, 0.5) is 8.78 Å². The summed E-state index contributed by atoms with van der Waals surface area (Å²) in [6.45, 7) is 0. The summed E-state index contributed by atoms with van der Waals surface area (Å²) in [6, 6.07) is 13.0. The zero-order chi connectivity index (χ0) is 25.8. The summed E-state index contributed by atoms with van der Waals surface area (Å²) in [4.78, 5) is 10.8. The van der Waals surface area contributed by atoms with Crippen LogP contribution in [0.15, 0.2) is 63.8 Å². The van der Waals surface area contributed by atoms with Gasteiger partial charge in [-0.15, -0.1) is 0 Å². The molecule has 2 aromatic heterocycles. The quantitative estimate of drug-likeness (QED) is 0.189. The Morgan fingerprint density at radius 3 is 1.97 bits per heavy atom. The maximum Gasteiger partial charge on any atom is 0.147 e. The van der Waals surface area contributed by atoms with Gasteiger partial charge in [0.05, 0.1) is 13.4 Å². The molecule has 2 aromatic carbocycles. The molecule has 2 saturated carbocycles. The van der Waals surface area contributed by atoms with Crippen molar-refractivity contribution in [1.29, 1.82) is 0 Å². The minimum Gasteiger partial charge on any atom is -0.504 e. The van der Waals surface area contributed by atoms with Crippen LogP contribution < -0.4 is 0 Å². The van der Waals surface area contributed by atoms with Gasteiger partial charge in [-0.05, 0) is 56.0 Å². The summed E-state index contributed by atoms with van der Waals surface area (Å²) in [6.07, 6.45) is 8.67. The van der Waals surface area contributed by atoms with Gasteiger partial charge in [0.2, 0.25) is 0 Å². The highest BCUT2D eigenvalue weighted by molar-refractivity contribution is 5.73. The van der Waals surface area contributed by atoms with Crippen LogP contribution in [0.2, 0.25) is 0 Å². The van der Waals surface area contributed by atoms with Crippen molar-refractivity contribution in [3.63, 3.8) is 0 Å². The molecule has 2 fully saturated rings. The minimum atomic E-state index is -0.347. The number of carbonyl (C=O) groups excluding carboxylic acids is 1. The van der Waals surface area contributed by atoms with E-state index < -0.39 is 0 Å². The second-order valence-corrected chi connectivity index (χ2v) is 9.10. The lowest BCUT2D eigenvalue weighted by Gasteiger charge is -2.01. The van der Waals surface area contributed by atoms with Gasteiger partial charge >= 0.3 is 0 Å². The molecule has 2 aliphatic carbocycles. The highest BCUT2D eigenvalue weighted by Crippen LogP contribution is 2.45. The number of aromatic nitrogens is 2. The van der Waals surface area contributed by atoms with Crippen molar-refractivity contribution in [1.82, 2.24) is 10.3 Å². The molecule has 2 aliphatic rings. The number of ether oxygens (including phenoxy) is 1. The lowest BCUT2D eigenvalue weighted by molar-refractivity contribution is -0.107. The molecular formula is C29H26F2N2O4. The van der Waals surface area contributed by atoms with Gasteiger partial charge in [-0.2, -0.15) is 0 Å². The van der Waals surface area contributed by atoms with Crippen LogP contribution in [0.3, 0.4) is 0 Å². The number of benzene rings is 2. The Balaban J connectivity index is 0.000000152. The maximum atomic E-state index is 13.9. The van der Waals surface area contributed by atoms with Crippen LogP contribution in [0.25, 0.3) is 28.6 Å². The Labute approximate surface area is 212 Å². The molecule has 4 aromatic rings. The molecule has 190 valence electrons. The first-order valence-corrected chi connectivity index (χ1v) is 12.2. The fourth-order valence-electron chi connectivity index (χ4n) is 4.23. The molecule has 0 spiro atoms. The van der Waals surface area contributed by atoms with Crippen LogP contribution in [0.5, 0.6) is 0 Å². The largest absolute Gasteiger partial charge is 0.504 e. The molecule has 0 unspecified atom stereocenters. The predicted octanol–water partition coefficient (Wildman–Crippen LogP) is 7.07. The van der Waals surface area contributed by atoms with E-state index in [1.807, 2.05) is 0 Å². The Bertz CT molecular complexity index is 1420. The van der Waals surface area contributed by atoms with Gasteiger partial charge in [-0.3, -0.25) is 0 Å². The van der Waals surface area contributed by atoms with E-state index in [0.29, 0.717) is 34.4 Å². The Kier molecular flexibility index (Phi) is 7.25. The Morgan fingerprint density at radius 1 is 0.865 bits per heavy atom. The molecule has 6 nitrogen and oxygen atoms in total. The molecule has 8 heteroatoms. The number of nitrogens with zero attached hydrogens (tertiary/aromatic N) is 2. The van der Waals surface area contributed by atoms with Gasteiger partial charge in [0.25, 0.3) is 0 Å². The number of hydrogen-bond acceptors (Lipinski definition) is 6. The van der Waals surface area contributed by atoms with Crippen LogP contribution in [-0.4, -0.2) is 23.7 Å². The molecule has 37 heavy (non-hydrogen) atoms. The highest BCUT2D eigenvalue weighted by Gasteiger charge is 2.33. The summed E-state index contributed by atoms with van der Waals surface area (Å²) in [5.74, 6) is 1.69. The molecule has 0 atom stereocenters. The fourth-order valence-corrected chi connectivity index (χ4v) is 4.23. The van der Waals surface area contributed by atoms with Gasteiger partial charge in [-0.25, -0.2) is 8.78 Å². The lowest BCUT2D eigenvalue weighted by Crippen LogP contribution is -1.94. The predicted molar refractivity (Wildman–Crippen MR) is 134 cm³/mol. The topological polar surface area (TPSA) is 78.4 Å². The fraction of sp³-hybridized carbons (Fsp3) is 0.276. The second-order valence-electron chi connectivity index (χ2n) is 9.10. The monoisotopic (exact) mass is 504 g/mol. The van der Waals surface area contributed by atoms with Gasteiger partial charge in [0.15, 0.2) is 0 Å². The zero-order valence-corrected chi connectivity index (χ0v) is 20.3. The van der Waals surface area contributed by atoms with E-state index in [0.717, 1.165) is 54.6 Å².